The molecule has 0 bridgehead atoms. The molecular formula is C36H33FN2O6. The Hall–Kier alpha value is -5.49. The van der Waals surface area contributed by atoms with E-state index in [0.29, 0.717) is 52.2 Å². The molecule has 230 valence electrons. The molecule has 8 nitrogen and oxygen atoms in total. The average molecular weight is 609 g/mol. The molecular weight excluding hydrogens is 575 g/mol. The van der Waals surface area contributed by atoms with Crippen molar-refractivity contribution < 1.29 is 32.9 Å². The Balaban J connectivity index is 1.34. The fourth-order valence-corrected chi connectivity index (χ4v) is 4.96. The van der Waals surface area contributed by atoms with Crippen LogP contribution in [-0.2, 0) is 11.4 Å². The van der Waals surface area contributed by atoms with E-state index in [1.165, 1.54) is 11.6 Å². The standard InChI is InChI=1S/C36H33FN2O6/c1-4-41-33-17-24(11-16-31(33)43-20-25-7-5-6-8-30(25)37)35-28-15-14-27(18-32(28)45-36(39)29(35)19-38)44-34(40)21-42-26-12-9-23(10-13-26)22(2)3/h5-18,22,35H,4,20-21,39H2,1-3H3. The van der Waals surface area contributed by atoms with Crippen LogP contribution in [0, 0.1) is 17.1 Å². The van der Waals surface area contributed by atoms with Gasteiger partial charge in [0.15, 0.2) is 18.1 Å². The zero-order chi connectivity index (χ0) is 31.9. The summed E-state index contributed by atoms with van der Waals surface area (Å²) in [4.78, 5) is 12.6. The number of carbonyl (C=O) groups excluding carboxylic acids is 1. The van der Waals surface area contributed by atoms with E-state index in [2.05, 4.69) is 19.9 Å². The van der Waals surface area contributed by atoms with Crippen LogP contribution in [0.1, 0.15) is 54.9 Å². The lowest BCUT2D eigenvalue weighted by Crippen LogP contribution is -2.22. The molecule has 4 aromatic rings. The Morgan fingerprint density at radius 3 is 2.42 bits per heavy atom. The quantitative estimate of drug-likeness (QED) is 0.141. The van der Waals surface area contributed by atoms with Crippen molar-refractivity contribution in [3.63, 3.8) is 0 Å². The van der Waals surface area contributed by atoms with Gasteiger partial charge in [0, 0.05) is 17.2 Å². The SMILES string of the molecule is CCOc1cc(C2C(C#N)=C(N)Oc3cc(OC(=O)COc4ccc(C(C)C)cc4)ccc32)ccc1OCc1ccccc1F. The third kappa shape index (κ3) is 7.19. The molecule has 0 saturated heterocycles. The van der Waals surface area contributed by atoms with Crippen LogP contribution in [0.4, 0.5) is 4.39 Å². The highest BCUT2D eigenvalue weighted by molar-refractivity contribution is 5.74. The van der Waals surface area contributed by atoms with Gasteiger partial charge < -0.3 is 29.4 Å². The number of halogens is 1. The molecule has 0 spiro atoms. The maximum absolute atomic E-state index is 14.1. The molecule has 0 aromatic heterocycles. The second kappa shape index (κ2) is 13.9. The number of rotatable bonds is 11. The van der Waals surface area contributed by atoms with Crippen molar-refractivity contribution in [3.05, 3.63) is 124 Å². The Kier molecular flexibility index (Phi) is 9.54. The second-order valence-electron chi connectivity index (χ2n) is 10.6. The Morgan fingerprint density at radius 2 is 1.71 bits per heavy atom. The molecule has 0 saturated carbocycles. The van der Waals surface area contributed by atoms with E-state index in [1.807, 2.05) is 31.2 Å². The molecule has 9 heteroatoms. The minimum atomic E-state index is -0.597. The van der Waals surface area contributed by atoms with Gasteiger partial charge >= 0.3 is 5.97 Å². The number of esters is 1. The molecule has 1 heterocycles. The van der Waals surface area contributed by atoms with E-state index in [1.54, 1.807) is 54.6 Å². The maximum Gasteiger partial charge on any atom is 0.349 e. The summed E-state index contributed by atoms with van der Waals surface area (Å²) in [6.45, 7) is 6.13. The lowest BCUT2D eigenvalue weighted by molar-refractivity contribution is -0.136. The van der Waals surface area contributed by atoms with Gasteiger partial charge in [0.2, 0.25) is 5.88 Å². The van der Waals surface area contributed by atoms with Gasteiger partial charge in [-0.3, -0.25) is 0 Å². The molecule has 1 atom stereocenters. The summed E-state index contributed by atoms with van der Waals surface area (Å²) < 4.78 is 42.8. The number of allylic oxidation sites excluding steroid dienone is 1. The van der Waals surface area contributed by atoms with E-state index in [4.69, 9.17) is 29.4 Å². The van der Waals surface area contributed by atoms with Gasteiger partial charge in [-0.05, 0) is 60.4 Å². The van der Waals surface area contributed by atoms with Gasteiger partial charge in [-0.15, -0.1) is 0 Å². The van der Waals surface area contributed by atoms with Crippen LogP contribution >= 0.6 is 0 Å². The first-order valence-electron chi connectivity index (χ1n) is 14.5. The van der Waals surface area contributed by atoms with Gasteiger partial charge in [-0.2, -0.15) is 5.26 Å². The Bertz CT molecular complexity index is 1760. The van der Waals surface area contributed by atoms with Gasteiger partial charge in [0.1, 0.15) is 41.3 Å². The van der Waals surface area contributed by atoms with Crippen molar-refractivity contribution in [2.24, 2.45) is 5.73 Å². The third-order valence-electron chi connectivity index (χ3n) is 7.27. The van der Waals surface area contributed by atoms with Gasteiger partial charge in [-0.25, -0.2) is 9.18 Å². The first-order valence-corrected chi connectivity index (χ1v) is 14.5. The zero-order valence-electron chi connectivity index (χ0n) is 25.2. The number of benzene rings is 4. The van der Waals surface area contributed by atoms with Crippen LogP contribution in [-0.4, -0.2) is 19.2 Å². The minimum Gasteiger partial charge on any atom is -0.490 e. The van der Waals surface area contributed by atoms with Crippen LogP contribution in [0.3, 0.4) is 0 Å². The van der Waals surface area contributed by atoms with Crippen molar-refractivity contribution >= 4 is 5.97 Å². The number of carbonyl (C=O) groups is 1. The molecule has 0 amide bonds. The summed E-state index contributed by atoms with van der Waals surface area (Å²) in [5.74, 6) is 0.755. The maximum atomic E-state index is 14.1. The Morgan fingerprint density at radius 1 is 0.956 bits per heavy atom. The fourth-order valence-electron chi connectivity index (χ4n) is 4.96. The summed E-state index contributed by atoms with van der Waals surface area (Å²) >= 11 is 0. The molecule has 1 aliphatic rings. The van der Waals surface area contributed by atoms with E-state index in [-0.39, 0.29) is 36.2 Å². The number of nitriles is 1. The molecule has 0 aliphatic carbocycles. The van der Waals surface area contributed by atoms with Crippen molar-refractivity contribution in [2.45, 2.75) is 39.2 Å². The lowest BCUT2D eigenvalue weighted by Gasteiger charge is -2.27. The zero-order valence-corrected chi connectivity index (χ0v) is 25.2. The topological polar surface area (TPSA) is 113 Å². The number of nitrogens with two attached hydrogens (primary N) is 1. The van der Waals surface area contributed by atoms with E-state index in [0.717, 1.165) is 0 Å². The molecule has 1 aliphatic heterocycles. The predicted molar refractivity (Wildman–Crippen MR) is 166 cm³/mol. The second-order valence-corrected chi connectivity index (χ2v) is 10.6. The van der Waals surface area contributed by atoms with E-state index < -0.39 is 11.9 Å². The number of nitrogens with zero attached hydrogens (tertiary/aromatic N) is 1. The highest BCUT2D eigenvalue weighted by atomic mass is 19.1. The monoisotopic (exact) mass is 608 g/mol. The van der Waals surface area contributed by atoms with Gasteiger partial charge in [0.25, 0.3) is 0 Å². The van der Waals surface area contributed by atoms with Crippen molar-refractivity contribution in [1.29, 1.82) is 5.26 Å². The van der Waals surface area contributed by atoms with Crippen molar-refractivity contribution in [3.8, 4) is 34.8 Å². The molecule has 0 fully saturated rings. The molecule has 1 unspecified atom stereocenters. The normalized spacial score (nSPS) is 13.8. The molecule has 45 heavy (non-hydrogen) atoms. The van der Waals surface area contributed by atoms with Crippen LogP contribution in [0.2, 0.25) is 0 Å². The van der Waals surface area contributed by atoms with Crippen LogP contribution in [0.15, 0.2) is 96.4 Å². The van der Waals surface area contributed by atoms with Crippen LogP contribution in [0.5, 0.6) is 28.7 Å². The molecule has 0 radical (unpaired) electrons. The molecule has 2 N–H and O–H groups in total. The summed E-state index contributed by atoms with van der Waals surface area (Å²) in [6, 6.07) is 26.3. The largest absolute Gasteiger partial charge is 0.490 e. The van der Waals surface area contributed by atoms with E-state index in [9.17, 15) is 14.4 Å². The van der Waals surface area contributed by atoms with Gasteiger partial charge in [-0.1, -0.05) is 56.3 Å². The summed E-state index contributed by atoms with van der Waals surface area (Å²) in [5, 5.41) is 10.0. The van der Waals surface area contributed by atoms with E-state index >= 15 is 0 Å². The highest BCUT2D eigenvalue weighted by Gasteiger charge is 2.32. The fraction of sp³-hybridized carbons (Fsp3) is 0.222. The first kappa shape index (κ1) is 31.0. The third-order valence-corrected chi connectivity index (χ3v) is 7.27. The number of ether oxygens (including phenoxy) is 5. The highest BCUT2D eigenvalue weighted by Crippen LogP contribution is 2.45. The summed E-state index contributed by atoms with van der Waals surface area (Å²) in [5.41, 5.74) is 9.33. The first-order chi connectivity index (χ1) is 21.8. The smallest absolute Gasteiger partial charge is 0.349 e. The summed E-state index contributed by atoms with van der Waals surface area (Å²) in [6.07, 6.45) is 0. The molecule has 4 aromatic carbocycles. The van der Waals surface area contributed by atoms with Crippen molar-refractivity contribution in [2.75, 3.05) is 13.2 Å². The van der Waals surface area contributed by atoms with Gasteiger partial charge in [0.05, 0.1) is 12.5 Å². The van der Waals surface area contributed by atoms with Crippen molar-refractivity contribution in [1.82, 2.24) is 0 Å². The predicted octanol–water partition coefficient (Wildman–Crippen LogP) is 7.13. The summed E-state index contributed by atoms with van der Waals surface area (Å²) in [7, 11) is 0. The number of fused-ring (bicyclic) bond motifs is 1. The van der Waals surface area contributed by atoms with Crippen LogP contribution in [0.25, 0.3) is 0 Å². The number of hydrogen-bond donors (Lipinski definition) is 1. The Labute approximate surface area is 261 Å². The minimum absolute atomic E-state index is 0.0133. The molecule has 5 rings (SSSR count). The average Bonchev–Trinajstić information content (AvgIpc) is 3.03. The van der Waals surface area contributed by atoms with Crippen LogP contribution < -0.4 is 29.4 Å². The lowest BCUT2D eigenvalue weighted by atomic mass is 9.83. The number of hydrogen-bond acceptors (Lipinski definition) is 8.